The Morgan fingerprint density at radius 3 is 2.06 bits per heavy atom. The van der Waals surface area contributed by atoms with Crippen LogP contribution in [0.1, 0.15) is 43.4 Å². The lowest BCUT2D eigenvalue weighted by atomic mass is 9.81. The molecule has 0 unspecified atom stereocenters. The normalized spacial score (nSPS) is 28.5. The topological polar surface area (TPSA) is 66.5 Å². The number of likely N-dealkylation sites (tertiary alicyclic amines) is 1. The number of carbonyl (C=O) groups excluding carboxylic acids is 3. The summed E-state index contributed by atoms with van der Waals surface area (Å²) >= 11 is 0. The second-order valence-electron chi connectivity index (χ2n) is 9.28. The van der Waals surface area contributed by atoms with Gasteiger partial charge in [0.25, 0.3) is 0 Å². The van der Waals surface area contributed by atoms with Gasteiger partial charge in [0.05, 0.1) is 17.9 Å². The van der Waals surface area contributed by atoms with E-state index in [2.05, 4.69) is 5.32 Å². The summed E-state index contributed by atoms with van der Waals surface area (Å²) in [6.45, 7) is 1.93. The summed E-state index contributed by atoms with van der Waals surface area (Å²) in [5.41, 5.74) is 1.93. The average Bonchev–Trinajstić information content (AvgIpc) is 3.47. The first kappa shape index (κ1) is 20.0. The predicted molar refractivity (Wildman–Crippen MR) is 117 cm³/mol. The van der Waals surface area contributed by atoms with E-state index in [9.17, 15) is 14.4 Å². The van der Waals surface area contributed by atoms with E-state index in [0.717, 1.165) is 30.4 Å². The fourth-order valence-corrected chi connectivity index (χ4v) is 6.01. The van der Waals surface area contributed by atoms with Crippen LogP contribution in [0, 0.1) is 23.7 Å². The van der Waals surface area contributed by atoms with Gasteiger partial charge in [-0.05, 0) is 49.1 Å². The molecule has 1 aliphatic heterocycles. The van der Waals surface area contributed by atoms with Gasteiger partial charge in [0.15, 0.2) is 0 Å². The van der Waals surface area contributed by atoms with Gasteiger partial charge >= 0.3 is 0 Å². The minimum absolute atomic E-state index is 0.134. The number of benzene rings is 2. The van der Waals surface area contributed by atoms with Crippen molar-refractivity contribution < 1.29 is 14.4 Å². The van der Waals surface area contributed by atoms with E-state index < -0.39 is 6.04 Å². The maximum atomic E-state index is 13.5. The first-order valence-corrected chi connectivity index (χ1v) is 11.3. The van der Waals surface area contributed by atoms with E-state index in [4.69, 9.17) is 0 Å². The van der Waals surface area contributed by atoms with Gasteiger partial charge in [0.2, 0.25) is 17.7 Å². The molecule has 31 heavy (non-hydrogen) atoms. The molecule has 1 N–H and O–H groups in total. The second-order valence-corrected chi connectivity index (χ2v) is 9.28. The minimum atomic E-state index is -0.821. The molecule has 6 atom stereocenters. The van der Waals surface area contributed by atoms with E-state index >= 15 is 0 Å². The van der Waals surface area contributed by atoms with E-state index in [0.29, 0.717) is 18.3 Å². The molecule has 0 aromatic heterocycles. The third-order valence-electron chi connectivity index (χ3n) is 7.51. The number of hydrogen-bond acceptors (Lipinski definition) is 3. The van der Waals surface area contributed by atoms with Crippen molar-refractivity contribution in [3.8, 4) is 0 Å². The quantitative estimate of drug-likeness (QED) is 0.733. The number of nitrogens with zero attached hydrogens (tertiary/aromatic N) is 1. The molecule has 3 aliphatic rings. The molecule has 0 radical (unpaired) electrons. The average molecular weight is 417 g/mol. The Bertz CT molecular complexity index is 962. The Hall–Kier alpha value is -2.95. The number of imide groups is 1. The largest absolute Gasteiger partial charge is 0.348 e. The van der Waals surface area contributed by atoms with Crippen LogP contribution in [0.5, 0.6) is 0 Å². The number of amides is 3. The van der Waals surface area contributed by atoms with Gasteiger partial charge in [0.1, 0.15) is 6.04 Å². The Morgan fingerprint density at radius 1 is 0.935 bits per heavy atom. The van der Waals surface area contributed by atoms with Gasteiger partial charge in [-0.25, -0.2) is 0 Å². The summed E-state index contributed by atoms with van der Waals surface area (Å²) in [5, 5.41) is 3.05. The van der Waals surface area contributed by atoms with Gasteiger partial charge in [-0.2, -0.15) is 0 Å². The maximum absolute atomic E-state index is 13.5. The zero-order chi connectivity index (χ0) is 21.5. The molecule has 3 amide bonds. The van der Waals surface area contributed by atoms with Crippen molar-refractivity contribution >= 4 is 17.7 Å². The van der Waals surface area contributed by atoms with Crippen molar-refractivity contribution in [2.75, 3.05) is 0 Å². The molecule has 2 bridgehead atoms. The lowest BCUT2D eigenvalue weighted by Gasteiger charge is -2.28. The number of carbonyl (C=O) groups is 3. The number of fused-ring (bicyclic) bond motifs is 5. The Kier molecular flexibility index (Phi) is 5.12. The van der Waals surface area contributed by atoms with Gasteiger partial charge in [-0.3, -0.25) is 19.3 Å². The van der Waals surface area contributed by atoms with E-state index in [-0.39, 0.29) is 35.6 Å². The third kappa shape index (κ3) is 3.46. The van der Waals surface area contributed by atoms with Crippen molar-refractivity contribution in [3.05, 3.63) is 71.8 Å². The molecule has 160 valence electrons. The molecule has 2 aromatic carbocycles. The Labute approximate surface area is 182 Å². The SMILES string of the molecule is C[C@@H](NC(=O)[C@H](Cc1ccccc1)N1C(=O)[C@@H]2[C@@H]3CC[C@@H](C3)[C@@H]2C1=O)c1ccccc1. The highest BCUT2D eigenvalue weighted by molar-refractivity contribution is 6.09. The van der Waals surface area contributed by atoms with Crippen LogP contribution in [0.3, 0.4) is 0 Å². The standard InChI is InChI=1S/C26H28N2O3/c1-16(18-10-6-3-7-11-18)27-24(29)21(14-17-8-4-2-5-9-17)28-25(30)22-19-12-13-20(15-19)23(22)26(28)31/h2-11,16,19-23H,12-15H2,1H3,(H,27,29)/t16-,19-,20+,21+,22-,23+/m1/s1. The van der Waals surface area contributed by atoms with Gasteiger partial charge in [0, 0.05) is 6.42 Å². The van der Waals surface area contributed by atoms with Crippen molar-refractivity contribution in [1.82, 2.24) is 10.2 Å². The van der Waals surface area contributed by atoms with E-state index in [1.165, 1.54) is 4.90 Å². The fraction of sp³-hybridized carbons (Fsp3) is 0.423. The summed E-state index contributed by atoms with van der Waals surface area (Å²) in [6, 6.07) is 18.3. The van der Waals surface area contributed by atoms with Crippen LogP contribution in [0.2, 0.25) is 0 Å². The molecule has 2 saturated carbocycles. The van der Waals surface area contributed by atoms with Crippen LogP contribution in [0.25, 0.3) is 0 Å². The Balaban J connectivity index is 1.43. The highest BCUT2D eigenvalue weighted by Crippen LogP contribution is 2.56. The van der Waals surface area contributed by atoms with Crippen molar-refractivity contribution in [2.45, 2.75) is 44.7 Å². The fourth-order valence-electron chi connectivity index (χ4n) is 6.01. The molecular formula is C26H28N2O3. The monoisotopic (exact) mass is 416 g/mol. The van der Waals surface area contributed by atoms with Crippen LogP contribution in [0.4, 0.5) is 0 Å². The summed E-state index contributed by atoms with van der Waals surface area (Å²) in [4.78, 5) is 41.6. The number of hydrogen-bond donors (Lipinski definition) is 1. The van der Waals surface area contributed by atoms with Crippen LogP contribution in [0.15, 0.2) is 60.7 Å². The van der Waals surface area contributed by atoms with Crippen molar-refractivity contribution in [3.63, 3.8) is 0 Å². The second kappa shape index (κ2) is 7.95. The first-order chi connectivity index (χ1) is 15.0. The van der Waals surface area contributed by atoms with E-state index in [1.807, 2.05) is 67.6 Å². The molecule has 5 heteroatoms. The predicted octanol–water partition coefficient (Wildman–Crippen LogP) is 3.51. The van der Waals surface area contributed by atoms with Crippen LogP contribution < -0.4 is 5.32 Å². The molecule has 2 aliphatic carbocycles. The van der Waals surface area contributed by atoms with Gasteiger partial charge in [-0.15, -0.1) is 0 Å². The molecule has 1 saturated heterocycles. The molecule has 5 rings (SSSR count). The zero-order valence-corrected chi connectivity index (χ0v) is 17.7. The molecule has 3 fully saturated rings. The molecule has 0 spiro atoms. The molecule has 5 nitrogen and oxygen atoms in total. The summed E-state index contributed by atoms with van der Waals surface area (Å²) in [7, 11) is 0. The van der Waals surface area contributed by atoms with Crippen molar-refractivity contribution in [1.29, 1.82) is 0 Å². The van der Waals surface area contributed by atoms with Crippen LogP contribution in [-0.4, -0.2) is 28.7 Å². The summed E-state index contributed by atoms with van der Waals surface area (Å²) in [6.07, 6.45) is 3.38. The maximum Gasteiger partial charge on any atom is 0.244 e. The molecule has 1 heterocycles. The molecule has 2 aromatic rings. The highest BCUT2D eigenvalue weighted by Gasteiger charge is 2.62. The lowest BCUT2D eigenvalue weighted by molar-refractivity contribution is -0.148. The van der Waals surface area contributed by atoms with Crippen LogP contribution >= 0.6 is 0 Å². The summed E-state index contributed by atoms with van der Waals surface area (Å²) < 4.78 is 0. The number of nitrogens with one attached hydrogen (secondary N) is 1. The molecular weight excluding hydrogens is 388 g/mol. The van der Waals surface area contributed by atoms with Crippen molar-refractivity contribution in [2.24, 2.45) is 23.7 Å². The van der Waals surface area contributed by atoms with Gasteiger partial charge < -0.3 is 5.32 Å². The van der Waals surface area contributed by atoms with Gasteiger partial charge in [-0.1, -0.05) is 60.7 Å². The zero-order valence-electron chi connectivity index (χ0n) is 17.7. The Morgan fingerprint density at radius 2 is 1.48 bits per heavy atom. The third-order valence-corrected chi connectivity index (χ3v) is 7.51. The van der Waals surface area contributed by atoms with E-state index in [1.54, 1.807) is 0 Å². The minimum Gasteiger partial charge on any atom is -0.348 e. The lowest BCUT2D eigenvalue weighted by Crippen LogP contribution is -2.52. The summed E-state index contributed by atoms with van der Waals surface area (Å²) in [5.74, 6) is -0.362. The highest BCUT2D eigenvalue weighted by atomic mass is 16.2. The van der Waals surface area contributed by atoms with Crippen LogP contribution in [-0.2, 0) is 20.8 Å². The number of rotatable bonds is 6. The first-order valence-electron chi connectivity index (χ1n) is 11.3. The smallest absolute Gasteiger partial charge is 0.244 e.